The second-order valence-corrected chi connectivity index (χ2v) is 5.27. The van der Waals surface area contributed by atoms with E-state index in [-0.39, 0.29) is 12.5 Å². The number of pyridine rings is 1. The van der Waals surface area contributed by atoms with Gasteiger partial charge in [-0.15, -0.1) is 0 Å². The summed E-state index contributed by atoms with van der Waals surface area (Å²) in [4.78, 5) is 18.5. The van der Waals surface area contributed by atoms with Gasteiger partial charge in [0.05, 0.1) is 27.8 Å². The standard InChI is InChI=1S/C15H19ClN4O/c1-5-19(13-7-6-8-17-10(13)2)14(21)9-20-12(4)15(16)11(3)18-20/h6-8H,5,9H2,1-4H3. The molecule has 5 nitrogen and oxygen atoms in total. The molecule has 2 rings (SSSR count). The van der Waals surface area contributed by atoms with Crippen molar-refractivity contribution in [1.82, 2.24) is 14.8 Å². The number of anilines is 1. The summed E-state index contributed by atoms with van der Waals surface area (Å²) in [7, 11) is 0. The zero-order valence-corrected chi connectivity index (χ0v) is 13.5. The van der Waals surface area contributed by atoms with Crippen LogP contribution in [-0.4, -0.2) is 27.2 Å². The number of halogens is 1. The molecule has 0 unspecified atom stereocenters. The van der Waals surface area contributed by atoms with Crippen LogP contribution in [0.1, 0.15) is 24.0 Å². The van der Waals surface area contributed by atoms with Crippen molar-refractivity contribution >= 4 is 23.2 Å². The minimum Gasteiger partial charge on any atom is -0.309 e. The maximum Gasteiger partial charge on any atom is 0.248 e. The van der Waals surface area contributed by atoms with Gasteiger partial charge in [-0.1, -0.05) is 11.6 Å². The number of carbonyl (C=O) groups excluding carboxylic acids is 1. The molecule has 0 saturated carbocycles. The first-order valence-corrected chi connectivity index (χ1v) is 7.25. The highest BCUT2D eigenvalue weighted by atomic mass is 35.5. The molecule has 0 saturated heterocycles. The van der Waals surface area contributed by atoms with E-state index in [0.717, 1.165) is 22.8 Å². The van der Waals surface area contributed by atoms with Crippen molar-refractivity contribution in [2.45, 2.75) is 34.2 Å². The smallest absolute Gasteiger partial charge is 0.248 e. The maximum absolute atomic E-state index is 12.6. The Morgan fingerprint density at radius 2 is 2.05 bits per heavy atom. The molecule has 0 N–H and O–H groups in total. The van der Waals surface area contributed by atoms with Crippen LogP contribution in [0, 0.1) is 20.8 Å². The lowest BCUT2D eigenvalue weighted by Crippen LogP contribution is -2.34. The van der Waals surface area contributed by atoms with E-state index in [1.165, 1.54) is 0 Å². The third kappa shape index (κ3) is 3.08. The van der Waals surface area contributed by atoms with Crippen LogP contribution in [-0.2, 0) is 11.3 Å². The molecule has 0 bridgehead atoms. The van der Waals surface area contributed by atoms with E-state index in [4.69, 9.17) is 11.6 Å². The topological polar surface area (TPSA) is 51.0 Å². The minimum atomic E-state index is -0.0316. The average Bonchev–Trinajstić information content (AvgIpc) is 2.69. The predicted octanol–water partition coefficient (Wildman–Crippen LogP) is 2.91. The number of rotatable bonds is 4. The summed E-state index contributed by atoms with van der Waals surface area (Å²) in [6.45, 7) is 8.28. The first-order valence-electron chi connectivity index (χ1n) is 6.87. The van der Waals surface area contributed by atoms with E-state index in [9.17, 15) is 4.79 Å². The average molecular weight is 307 g/mol. The normalized spacial score (nSPS) is 10.7. The van der Waals surface area contributed by atoms with Gasteiger partial charge in [-0.2, -0.15) is 5.10 Å². The second kappa shape index (κ2) is 6.26. The van der Waals surface area contributed by atoms with E-state index in [2.05, 4.69) is 10.1 Å². The summed E-state index contributed by atoms with van der Waals surface area (Å²) in [5.41, 5.74) is 3.21. The Morgan fingerprint density at radius 1 is 1.33 bits per heavy atom. The first kappa shape index (κ1) is 15.5. The van der Waals surface area contributed by atoms with Crippen molar-refractivity contribution in [1.29, 1.82) is 0 Å². The second-order valence-electron chi connectivity index (χ2n) is 4.89. The largest absolute Gasteiger partial charge is 0.309 e. The summed E-state index contributed by atoms with van der Waals surface area (Å²) < 4.78 is 1.65. The van der Waals surface area contributed by atoms with Gasteiger partial charge in [-0.3, -0.25) is 14.5 Å². The van der Waals surface area contributed by atoms with Crippen LogP contribution in [0.4, 0.5) is 5.69 Å². The lowest BCUT2D eigenvalue weighted by molar-refractivity contribution is -0.119. The number of hydrogen-bond donors (Lipinski definition) is 0. The molecule has 0 spiro atoms. The van der Waals surface area contributed by atoms with Crippen LogP contribution in [0.5, 0.6) is 0 Å². The zero-order chi connectivity index (χ0) is 15.6. The van der Waals surface area contributed by atoms with E-state index in [1.54, 1.807) is 15.8 Å². The summed E-state index contributed by atoms with van der Waals surface area (Å²) in [5, 5.41) is 4.92. The van der Waals surface area contributed by atoms with Crippen molar-refractivity contribution in [3.63, 3.8) is 0 Å². The molecule has 0 radical (unpaired) electrons. The summed E-state index contributed by atoms with van der Waals surface area (Å²) >= 11 is 6.12. The molecular weight excluding hydrogens is 288 g/mol. The number of amides is 1. The van der Waals surface area contributed by atoms with Crippen LogP contribution in [0.15, 0.2) is 18.3 Å². The Kier molecular flexibility index (Phi) is 4.63. The van der Waals surface area contributed by atoms with Gasteiger partial charge in [0.1, 0.15) is 6.54 Å². The van der Waals surface area contributed by atoms with Crippen molar-refractivity contribution < 1.29 is 4.79 Å². The number of carbonyl (C=O) groups is 1. The molecular formula is C15H19ClN4O. The molecule has 2 aromatic rings. The third-order valence-corrected chi connectivity index (χ3v) is 4.01. The van der Waals surface area contributed by atoms with Gasteiger partial charge in [0, 0.05) is 12.7 Å². The van der Waals surface area contributed by atoms with Gasteiger partial charge < -0.3 is 4.90 Å². The van der Waals surface area contributed by atoms with Crippen LogP contribution in [0.2, 0.25) is 5.02 Å². The molecule has 0 aromatic carbocycles. The van der Waals surface area contributed by atoms with Crippen molar-refractivity contribution in [3.8, 4) is 0 Å². The Labute approximate surface area is 129 Å². The van der Waals surface area contributed by atoms with Gasteiger partial charge in [-0.05, 0) is 39.8 Å². The van der Waals surface area contributed by atoms with Gasteiger partial charge in [0.25, 0.3) is 0 Å². The fourth-order valence-electron chi connectivity index (χ4n) is 2.28. The number of hydrogen-bond acceptors (Lipinski definition) is 3. The fraction of sp³-hybridized carbons (Fsp3) is 0.400. The molecule has 1 amide bonds. The molecule has 0 aliphatic heterocycles. The van der Waals surface area contributed by atoms with Crippen LogP contribution >= 0.6 is 11.6 Å². The Hall–Kier alpha value is -1.88. The number of likely N-dealkylation sites (N-methyl/N-ethyl adjacent to an activating group) is 1. The number of aryl methyl sites for hydroxylation is 2. The Bertz CT molecular complexity index is 666. The van der Waals surface area contributed by atoms with Crippen molar-refractivity contribution in [2.75, 3.05) is 11.4 Å². The highest BCUT2D eigenvalue weighted by Gasteiger charge is 2.19. The van der Waals surface area contributed by atoms with Crippen LogP contribution in [0.25, 0.3) is 0 Å². The van der Waals surface area contributed by atoms with Crippen molar-refractivity contribution in [3.05, 3.63) is 40.4 Å². The van der Waals surface area contributed by atoms with Gasteiger partial charge >= 0.3 is 0 Å². The van der Waals surface area contributed by atoms with E-state index in [1.807, 2.05) is 39.8 Å². The SMILES string of the molecule is CCN(C(=O)Cn1nc(C)c(Cl)c1C)c1cccnc1C. The highest BCUT2D eigenvalue weighted by molar-refractivity contribution is 6.31. The Morgan fingerprint density at radius 3 is 2.57 bits per heavy atom. The van der Waals surface area contributed by atoms with Gasteiger partial charge in [-0.25, -0.2) is 0 Å². The van der Waals surface area contributed by atoms with Gasteiger partial charge in [0.2, 0.25) is 5.91 Å². The fourth-order valence-corrected chi connectivity index (χ4v) is 2.42. The molecule has 0 atom stereocenters. The predicted molar refractivity (Wildman–Crippen MR) is 83.7 cm³/mol. The monoisotopic (exact) mass is 306 g/mol. The molecule has 21 heavy (non-hydrogen) atoms. The highest BCUT2D eigenvalue weighted by Crippen LogP contribution is 2.21. The molecule has 0 aliphatic rings. The number of nitrogens with zero attached hydrogens (tertiary/aromatic N) is 4. The maximum atomic E-state index is 12.6. The van der Waals surface area contributed by atoms with E-state index in [0.29, 0.717) is 11.6 Å². The van der Waals surface area contributed by atoms with Crippen LogP contribution < -0.4 is 4.90 Å². The lowest BCUT2D eigenvalue weighted by atomic mass is 10.2. The zero-order valence-electron chi connectivity index (χ0n) is 12.7. The molecule has 6 heteroatoms. The summed E-state index contributed by atoms with van der Waals surface area (Å²) in [6.07, 6.45) is 1.72. The molecule has 0 aliphatic carbocycles. The summed E-state index contributed by atoms with van der Waals surface area (Å²) in [5.74, 6) is -0.0316. The molecule has 0 fully saturated rings. The third-order valence-electron chi connectivity index (χ3n) is 3.47. The Balaban J connectivity index is 2.25. The molecule has 2 heterocycles. The molecule has 112 valence electrons. The molecule has 2 aromatic heterocycles. The first-order chi connectivity index (χ1) is 9.95. The number of aromatic nitrogens is 3. The van der Waals surface area contributed by atoms with Crippen molar-refractivity contribution in [2.24, 2.45) is 0 Å². The minimum absolute atomic E-state index is 0.0316. The van der Waals surface area contributed by atoms with E-state index >= 15 is 0 Å². The van der Waals surface area contributed by atoms with E-state index < -0.39 is 0 Å². The summed E-state index contributed by atoms with van der Waals surface area (Å²) in [6, 6.07) is 3.73. The van der Waals surface area contributed by atoms with Gasteiger partial charge in [0.15, 0.2) is 0 Å². The quantitative estimate of drug-likeness (QED) is 0.872. The lowest BCUT2D eigenvalue weighted by Gasteiger charge is -2.22. The van der Waals surface area contributed by atoms with Crippen LogP contribution in [0.3, 0.4) is 0 Å².